The molecule has 0 saturated carbocycles. The lowest BCUT2D eigenvalue weighted by molar-refractivity contribution is -0.137. The Morgan fingerprint density at radius 1 is 1.45 bits per heavy atom. The average Bonchev–Trinajstić information content (AvgIpc) is 1.98. The molecule has 0 aliphatic carbocycles. The van der Waals surface area contributed by atoms with Gasteiger partial charge in [-0.2, -0.15) is 0 Å². The number of hydrogen-bond acceptors (Lipinski definition) is 2. The molecule has 11 heavy (non-hydrogen) atoms. The van der Waals surface area contributed by atoms with Crippen LogP contribution in [0.5, 0.6) is 0 Å². The van der Waals surface area contributed by atoms with Crippen LogP contribution in [0, 0.1) is 0 Å². The molecule has 62 valence electrons. The van der Waals surface area contributed by atoms with Crippen molar-refractivity contribution in [1.29, 1.82) is 0 Å². The molecule has 0 unspecified atom stereocenters. The van der Waals surface area contributed by atoms with Crippen LogP contribution < -0.4 is 0 Å². The Bertz CT molecular complexity index is 186. The van der Waals surface area contributed by atoms with Crippen LogP contribution in [-0.4, -0.2) is 12.6 Å². The zero-order chi connectivity index (χ0) is 8.85. The van der Waals surface area contributed by atoms with Crippen molar-refractivity contribution in [1.82, 2.24) is 0 Å². The Labute approximate surface area is 67.6 Å². The first-order valence-corrected chi connectivity index (χ1v) is 3.51. The summed E-state index contributed by atoms with van der Waals surface area (Å²) in [6.45, 7) is 9.23. The van der Waals surface area contributed by atoms with Gasteiger partial charge in [-0.3, -0.25) is 0 Å². The molecule has 0 bridgehead atoms. The maximum absolute atomic E-state index is 11.0. The van der Waals surface area contributed by atoms with Crippen LogP contribution in [-0.2, 0) is 9.53 Å². The first-order chi connectivity index (χ1) is 5.09. The van der Waals surface area contributed by atoms with Crippen molar-refractivity contribution in [2.24, 2.45) is 0 Å². The van der Waals surface area contributed by atoms with Crippen molar-refractivity contribution >= 4 is 5.97 Å². The first kappa shape index (κ1) is 9.95. The van der Waals surface area contributed by atoms with Gasteiger partial charge in [0.2, 0.25) is 0 Å². The molecule has 0 atom stereocenters. The van der Waals surface area contributed by atoms with Crippen LogP contribution >= 0.6 is 0 Å². The fourth-order valence-electron chi connectivity index (χ4n) is 0.447. The molecule has 0 aromatic heterocycles. The molecule has 0 aromatic rings. The summed E-state index contributed by atoms with van der Waals surface area (Å²) in [7, 11) is 0. The molecule has 0 amide bonds. The van der Waals surface area contributed by atoms with E-state index in [1.54, 1.807) is 13.0 Å². The smallest absolute Gasteiger partial charge is 0.333 e. The molecule has 0 radical (unpaired) electrons. The monoisotopic (exact) mass is 154 g/mol. The number of allylic oxidation sites excluding steroid dienone is 1. The summed E-state index contributed by atoms with van der Waals surface area (Å²) < 4.78 is 4.80. The van der Waals surface area contributed by atoms with Crippen LogP contribution in [0.1, 0.15) is 20.8 Å². The minimum atomic E-state index is -0.259. The van der Waals surface area contributed by atoms with Gasteiger partial charge >= 0.3 is 5.97 Å². The second-order valence-corrected chi connectivity index (χ2v) is 2.51. The molecular formula is C9H14O2. The van der Waals surface area contributed by atoms with E-state index in [0.717, 1.165) is 5.57 Å². The highest BCUT2D eigenvalue weighted by molar-refractivity contribution is 5.88. The molecule has 2 nitrogen and oxygen atoms in total. The van der Waals surface area contributed by atoms with Crippen molar-refractivity contribution in [2.45, 2.75) is 20.8 Å². The van der Waals surface area contributed by atoms with Gasteiger partial charge in [0, 0.05) is 5.57 Å². The summed E-state index contributed by atoms with van der Waals surface area (Å²) in [5, 5.41) is 0. The standard InChI is InChI=1S/C9H14O2/c1-5-6-11-9(10)8(4)7(2)3/h5H,1,6H2,2-4H3. The summed E-state index contributed by atoms with van der Waals surface area (Å²) in [6, 6.07) is 0. The summed E-state index contributed by atoms with van der Waals surface area (Å²) in [4.78, 5) is 11.0. The van der Waals surface area contributed by atoms with Gasteiger partial charge in [0.25, 0.3) is 0 Å². The maximum Gasteiger partial charge on any atom is 0.333 e. The third-order valence-electron chi connectivity index (χ3n) is 1.39. The van der Waals surface area contributed by atoms with Gasteiger partial charge in [-0.25, -0.2) is 4.79 Å². The van der Waals surface area contributed by atoms with Gasteiger partial charge in [0.05, 0.1) is 0 Å². The first-order valence-electron chi connectivity index (χ1n) is 3.51. The van der Waals surface area contributed by atoms with Crippen molar-refractivity contribution in [3.8, 4) is 0 Å². The molecule has 0 N–H and O–H groups in total. The summed E-state index contributed by atoms with van der Waals surface area (Å²) in [5.74, 6) is -0.259. The Morgan fingerprint density at radius 3 is 2.36 bits per heavy atom. The quantitative estimate of drug-likeness (QED) is 0.353. The summed E-state index contributed by atoms with van der Waals surface area (Å²) >= 11 is 0. The zero-order valence-electron chi connectivity index (χ0n) is 7.31. The Hall–Kier alpha value is -1.05. The molecule has 0 heterocycles. The van der Waals surface area contributed by atoms with E-state index >= 15 is 0 Å². The van der Waals surface area contributed by atoms with Gasteiger partial charge in [-0.05, 0) is 20.8 Å². The van der Waals surface area contributed by atoms with Gasteiger partial charge in [0.15, 0.2) is 0 Å². The third-order valence-corrected chi connectivity index (χ3v) is 1.39. The Kier molecular flexibility index (Phi) is 4.27. The van der Waals surface area contributed by atoms with E-state index in [1.165, 1.54) is 0 Å². The highest BCUT2D eigenvalue weighted by atomic mass is 16.5. The molecule has 0 fully saturated rings. The van der Waals surface area contributed by atoms with Gasteiger partial charge in [0.1, 0.15) is 6.61 Å². The van der Waals surface area contributed by atoms with E-state index in [4.69, 9.17) is 4.74 Å². The predicted octanol–water partition coefficient (Wildman–Crippen LogP) is 2.07. The largest absolute Gasteiger partial charge is 0.458 e. The Morgan fingerprint density at radius 2 is 2.00 bits per heavy atom. The SMILES string of the molecule is C=CCOC(=O)C(C)=C(C)C. The Balaban J connectivity index is 4.04. The van der Waals surface area contributed by atoms with Crippen molar-refractivity contribution in [3.63, 3.8) is 0 Å². The van der Waals surface area contributed by atoms with E-state index in [2.05, 4.69) is 6.58 Å². The molecule has 0 aliphatic rings. The molecule has 0 spiro atoms. The van der Waals surface area contributed by atoms with Gasteiger partial charge in [-0.15, -0.1) is 0 Å². The molecular weight excluding hydrogens is 140 g/mol. The normalized spacial score (nSPS) is 8.64. The van der Waals surface area contributed by atoms with Crippen molar-refractivity contribution in [3.05, 3.63) is 23.8 Å². The maximum atomic E-state index is 11.0. The van der Waals surface area contributed by atoms with Crippen LogP contribution in [0.3, 0.4) is 0 Å². The second kappa shape index (κ2) is 4.72. The summed E-state index contributed by atoms with van der Waals surface area (Å²) in [6.07, 6.45) is 1.55. The number of carbonyl (C=O) groups excluding carboxylic acids is 1. The van der Waals surface area contributed by atoms with Gasteiger partial charge < -0.3 is 4.74 Å². The molecule has 0 saturated heterocycles. The lowest BCUT2D eigenvalue weighted by atomic mass is 10.2. The van der Waals surface area contributed by atoms with Crippen LogP contribution in [0.2, 0.25) is 0 Å². The molecule has 0 rings (SSSR count). The van der Waals surface area contributed by atoms with Crippen LogP contribution in [0.15, 0.2) is 23.8 Å². The highest BCUT2D eigenvalue weighted by Crippen LogP contribution is 2.03. The number of rotatable bonds is 3. The predicted molar refractivity (Wildman–Crippen MR) is 45.2 cm³/mol. The van der Waals surface area contributed by atoms with E-state index < -0.39 is 0 Å². The minimum absolute atomic E-state index is 0.259. The third kappa shape index (κ3) is 3.61. The fraction of sp³-hybridized carbons (Fsp3) is 0.444. The van der Waals surface area contributed by atoms with Crippen molar-refractivity contribution in [2.75, 3.05) is 6.61 Å². The fourth-order valence-corrected chi connectivity index (χ4v) is 0.447. The second-order valence-electron chi connectivity index (χ2n) is 2.51. The number of hydrogen-bond donors (Lipinski definition) is 0. The number of carbonyl (C=O) groups is 1. The molecule has 2 heteroatoms. The zero-order valence-corrected chi connectivity index (χ0v) is 7.31. The van der Waals surface area contributed by atoms with Crippen molar-refractivity contribution < 1.29 is 9.53 Å². The van der Waals surface area contributed by atoms with E-state index in [-0.39, 0.29) is 12.6 Å². The number of esters is 1. The minimum Gasteiger partial charge on any atom is -0.458 e. The topological polar surface area (TPSA) is 26.3 Å². The van der Waals surface area contributed by atoms with E-state index in [1.807, 2.05) is 13.8 Å². The molecule has 0 aliphatic heterocycles. The molecule has 0 aromatic carbocycles. The highest BCUT2D eigenvalue weighted by Gasteiger charge is 2.04. The number of ether oxygens (including phenoxy) is 1. The summed E-state index contributed by atoms with van der Waals surface area (Å²) in [5.41, 5.74) is 1.66. The van der Waals surface area contributed by atoms with E-state index in [9.17, 15) is 4.79 Å². The van der Waals surface area contributed by atoms with Crippen LogP contribution in [0.25, 0.3) is 0 Å². The lowest BCUT2D eigenvalue weighted by Crippen LogP contribution is -2.06. The van der Waals surface area contributed by atoms with Gasteiger partial charge in [-0.1, -0.05) is 18.2 Å². The lowest BCUT2D eigenvalue weighted by Gasteiger charge is -2.02. The van der Waals surface area contributed by atoms with Crippen LogP contribution in [0.4, 0.5) is 0 Å². The van der Waals surface area contributed by atoms with E-state index in [0.29, 0.717) is 5.57 Å². The average molecular weight is 154 g/mol.